The Labute approximate surface area is 151 Å². The van der Waals surface area contributed by atoms with E-state index in [1.807, 2.05) is 13.8 Å². The zero-order valence-electron chi connectivity index (χ0n) is 15.4. The number of carbonyl (C=O) groups is 2. The van der Waals surface area contributed by atoms with Crippen LogP contribution in [0.15, 0.2) is 0 Å². The van der Waals surface area contributed by atoms with Gasteiger partial charge in [0.25, 0.3) is 0 Å². The molecule has 2 aliphatic carbocycles. The topological polar surface area (TPSA) is 102 Å². The van der Waals surface area contributed by atoms with Crippen molar-refractivity contribution in [3.63, 3.8) is 0 Å². The molecule has 0 saturated heterocycles. The number of carbonyl (C=O) groups excluding carboxylic acids is 2. The lowest BCUT2D eigenvalue weighted by Crippen LogP contribution is -2.45. The Morgan fingerprint density at radius 2 is 2.04 bits per heavy atom. The van der Waals surface area contributed by atoms with Gasteiger partial charge in [0, 0.05) is 0 Å². The SMILES string of the molecule is CCC(C)(C)C(=O)OC(C)C(=O)OC1C2CCC(C)(C2)C1OS(=O)[O-]. The lowest BCUT2D eigenvalue weighted by Gasteiger charge is -2.36. The summed E-state index contributed by atoms with van der Waals surface area (Å²) in [7, 11) is 0. The summed E-state index contributed by atoms with van der Waals surface area (Å²) in [5.41, 5.74) is -1.00. The molecule has 144 valence electrons. The van der Waals surface area contributed by atoms with Crippen molar-refractivity contribution >= 4 is 23.3 Å². The zero-order chi connectivity index (χ0) is 19.0. The number of rotatable bonds is 7. The molecule has 2 saturated carbocycles. The van der Waals surface area contributed by atoms with Gasteiger partial charge < -0.3 is 14.0 Å². The summed E-state index contributed by atoms with van der Waals surface area (Å²) in [5, 5.41) is 0. The van der Waals surface area contributed by atoms with Gasteiger partial charge in [-0.15, -0.1) is 0 Å². The third kappa shape index (κ3) is 4.23. The fourth-order valence-electron chi connectivity index (χ4n) is 3.66. The van der Waals surface area contributed by atoms with Crippen LogP contribution >= 0.6 is 0 Å². The third-order valence-electron chi connectivity index (χ3n) is 5.75. The van der Waals surface area contributed by atoms with Crippen molar-refractivity contribution in [1.82, 2.24) is 0 Å². The molecule has 25 heavy (non-hydrogen) atoms. The molecule has 7 nitrogen and oxygen atoms in total. The van der Waals surface area contributed by atoms with E-state index in [4.69, 9.17) is 13.7 Å². The highest BCUT2D eigenvalue weighted by molar-refractivity contribution is 7.74. The first-order valence-corrected chi connectivity index (χ1v) is 9.68. The van der Waals surface area contributed by atoms with Crippen molar-refractivity contribution in [1.29, 1.82) is 0 Å². The van der Waals surface area contributed by atoms with Crippen molar-refractivity contribution in [2.75, 3.05) is 0 Å². The molecule has 2 aliphatic rings. The molecule has 0 amide bonds. The normalized spacial score (nSPS) is 33.8. The lowest BCUT2D eigenvalue weighted by atomic mass is 9.83. The second-order valence-electron chi connectivity index (χ2n) is 8.06. The number of esters is 2. The third-order valence-corrected chi connectivity index (χ3v) is 6.12. The van der Waals surface area contributed by atoms with Crippen LogP contribution in [-0.2, 0) is 34.6 Å². The van der Waals surface area contributed by atoms with Crippen LogP contribution < -0.4 is 0 Å². The highest BCUT2D eigenvalue weighted by Crippen LogP contribution is 2.56. The molecular weight excluding hydrogens is 348 g/mol. The molecule has 0 aliphatic heterocycles. The highest BCUT2D eigenvalue weighted by atomic mass is 32.2. The van der Waals surface area contributed by atoms with Gasteiger partial charge in [0.05, 0.1) is 16.8 Å². The van der Waals surface area contributed by atoms with Crippen molar-refractivity contribution in [3.8, 4) is 0 Å². The number of fused-ring (bicyclic) bond motifs is 2. The first-order valence-electron chi connectivity index (χ1n) is 8.68. The molecule has 6 atom stereocenters. The first-order chi connectivity index (χ1) is 11.5. The smallest absolute Gasteiger partial charge is 0.347 e. The van der Waals surface area contributed by atoms with E-state index in [2.05, 4.69) is 0 Å². The standard InChI is InChI=1S/C17H28O7S/c1-6-16(3,4)15(19)22-10(2)14(18)23-12-11-7-8-17(5,9-11)13(12)24-25(20)21/h10-13H,6-9H2,1-5H3,(H,20,21)/p-1. The summed E-state index contributed by atoms with van der Waals surface area (Å²) in [6, 6.07) is 0. The van der Waals surface area contributed by atoms with E-state index in [1.54, 1.807) is 13.8 Å². The van der Waals surface area contributed by atoms with E-state index in [-0.39, 0.29) is 11.3 Å². The summed E-state index contributed by atoms with van der Waals surface area (Å²) in [4.78, 5) is 24.5. The monoisotopic (exact) mass is 375 g/mol. The van der Waals surface area contributed by atoms with E-state index < -0.39 is 47.0 Å². The number of hydrogen-bond acceptors (Lipinski definition) is 7. The van der Waals surface area contributed by atoms with Gasteiger partial charge in [-0.2, -0.15) is 0 Å². The zero-order valence-corrected chi connectivity index (χ0v) is 16.2. The maximum Gasteiger partial charge on any atom is 0.347 e. The van der Waals surface area contributed by atoms with Gasteiger partial charge in [0.1, 0.15) is 12.2 Å². The van der Waals surface area contributed by atoms with Crippen molar-refractivity contribution in [2.45, 2.75) is 78.6 Å². The predicted octanol–water partition coefficient (Wildman–Crippen LogP) is 2.27. The second kappa shape index (κ2) is 7.32. The van der Waals surface area contributed by atoms with E-state index in [0.717, 1.165) is 19.3 Å². The molecule has 0 spiro atoms. The predicted molar refractivity (Wildman–Crippen MR) is 88.7 cm³/mol. The quantitative estimate of drug-likeness (QED) is 0.497. The number of hydrogen-bond donors (Lipinski definition) is 0. The molecule has 2 rings (SSSR count). The van der Waals surface area contributed by atoms with Crippen molar-refractivity contribution in [2.24, 2.45) is 16.7 Å². The summed E-state index contributed by atoms with van der Waals surface area (Å²) in [5.74, 6) is -1.07. The molecule has 8 heteroatoms. The first kappa shape index (κ1) is 20.3. The Bertz CT molecular complexity index is 561. The fraction of sp³-hybridized carbons (Fsp3) is 0.882. The average Bonchev–Trinajstić information content (AvgIpc) is 3.02. The van der Waals surface area contributed by atoms with Crippen LogP contribution in [-0.4, -0.2) is 39.0 Å². The van der Waals surface area contributed by atoms with Gasteiger partial charge in [-0.25, -0.2) is 9.00 Å². The summed E-state index contributed by atoms with van der Waals surface area (Å²) in [6.45, 7) is 8.77. The largest absolute Gasteiger partial charge is 0.750 e. The van der Waals surface area contributed by atoms with E-state index in [9.17, 15) is 18.4 Å². The Morgan fingerprint density at radius 1 is 1.40 bits per heavy atom. The second-order valence-corrected chi connectivity index (χ2v) is 8.67. The molecule has 0 radical (unpaired) electrons. The van der Waals surface area contributed by atoms with Crippen molar-refractivity contribution in [3.05, 3.63) is 0 Å². The van der Waals surface area contributed by atoms with Gasteiger partial charge in [-0.1, -0.05) is 13.8 Å². The maximum atomic E-state index is 12.4. The minimum Gasteiger partial charge on any atom is -0.750 e. The molecule has 0 N–H and O–H groups in total. The Morgan fingerprint density at radius 3 is 2.60 bits per heavy atom. The molecule has 0 aromatic heterocycles. The van der Waals surface area contributed by atoms with Crippen LogP contribution in [0.4, 0.5) is 0 Å². The van der Waals surface area contributed by atoms with E-state index in [1.165, 1.54) is 6.92 Å². The summed E-state index contributed by atoms with van der Waals surface area (Å²) in [6.07, 6.45) is 0.655. The molecule has 6 unspecified atom stereocenters. The molecule has 0 heterocycles. The minimum atomic E-state index is -2.68. The molecule has 0 aromatic rings. The van der Waals surface area contributed by atoms with Crippen LogP contribution in [0.5, 0.6) is 0 Å². The van der Waals surface area contributed by atoms with Crippen LogP contribution in [0.25, 0.3) is 0 Å². The lowest BCUT2D eigenvalue weighted by molar-refractivity contribution is -0.180. The summed E-state index contributed by atoms with van der Waals surface area (Å²) >= 11 is -2.68. The Kier molecular flexibility index (Phi) is 5.95. The molecule has 2 bridgehead atoms. The molecule has 0 aromatic carbocycles. The van der Waals surface area contributed by atoms with Gasteiger partial charge in [-0.05, 0) is 57.8 Å². The van der Waals surface area contributed by atoms with E-state index in [0.29, 0.717) is 6.42 Å². The van der Waals surface area contributed by atoms with Crippen LogP contribution in [0.3, 0.4) is 0 Å². The van der Waals surface area contributed by atoms with E-state index >= 15 is 0 Å². The van der Waals surface area contributed by atoms with Crippen LogP contribution in [0, 0.1) is 16.7 Å². The van der Waals surface area contributed by atoms with Gasteiger partial charge in [0.15, 0.2) is 6.10 Å². The Hall–Kier alpha value is -0.990. The van der Waals surface area contributed by atoms with Gasteiger partial charge in [0.2, 0.25) is 0 Å². The average molecular weight is 375 g/mol. The molecular formula is C17H27O7S-. The van der Waals surface area contributed by atoms with Gasteiger partial charge >= 0.3 is 11.9 Å². The van der Waals surface area contributed by atoms with Gasteiger partial charge in [-0.3, -0.25) is 8.98 Å². The van der Waals surface area contributed by atoms with Crippen LogP contribution in [0.2, 0.25) is 0 Å². The Balaban J connectivity index is 2.01. The summed E-state index contributed by atoms with van der Waals surface area (Å²) < 4.78 is 37.8. The molecule has 2 fully saturated rings. The highest BCUT2D eigenvalue weighted by Gasteiger charge is 2.58. The fourth-order valence-corrected chi connectivity index (χ4v) is 4.17. The maximum absolute atomic E-state index is 12.4. The van der Waals surface area contributed by atoms with Crippen molar-refractivity contribution < 1.29 is 32.0 Å². The minimum absolute atomic E-state index is 0.0671. The van der Waals surface area contributed by atoms with Crippen LogP contribution in [0.1, 0.15) is 60.3 Å². The number of ether oxygens (including phenoxy) is 2.